The second-order valence-electron chi connectivity index (χ2n) is 5.68. The second kappa shape index (κ2) is 8.78. The molecule has 2 aromatic carbocycles. The molecule has 0 spiro atoms. The molecule has 0 unspecified atom stereocenters. The lowest BCUT2D eigenvalue weighted by atomic mass is 10.2. The predicted molar refractivity (Wildman–Crippen MR) is 108 cm³/mol. The Kier molecular flexibility index (Phi) is 6.43. The summed E-state index contributed by atoms with van der Waals surface area (Å²) >= 11 is 18.3. The molecular weight excluding hydrogens is 393 g/mol. The number of imidazole rings is 1. The van der Waals surface area contributed by atoms with Crippen molar-refractivity contribution in [1.29, 1.82) is 0 Å². The molecule has 0 saturated heterocycles. The number of halogens is 3. The van der Waals surface area contributed by atoms with Crippen LogP contribution in [0.15, 0.2) is 48.7 Å². The van der Waals surface area contributed by atoms with Gasteiger partial charge in [-0.05, 0) is 29.3 Å². The van der Waals surface area contributed by atoms with Crippen molar-refractivity contribution in [3.63, 3.8) is 0 Å². The SMILES string of the molecule is COCCn1c(-c2ccc(Cl)cc2)cnc1NCc1cccc(Cl)c1Cl. The van der Waals surface area contributed by atoms with E-state index in [4.69, 9.17) is 39.5 Å². The largest absolute Gasteiger partial charge is 0.383 e. The third-order valence-electron chi connectivity index (χ3n) is 3.98. The van der Waals surface area contributed by atoms with Gasteiger partial charge < -0.3 is 14.6 Å². The first kappa shape index (κ1) is 19.1. The second-order valence-corrected chi connectivity index (χ2v) is 6.91. The lowest BCUT2D eigenvalue weighted by molar-refractivity contribution is 0.188. The van der Waals surface area contributed by atoms with Crippen LogP contribution in [0.4, 0.5) is 5.95 Å². The number of benzene rings is 2. The molecule has 7 heteroatoms. The van der Waals surface area contributed by atoms with Crippen LogP contribution in [0.5, 0.6) is 0 Å². The fraction of sp³-hybridized carbons (Fsp3) is 0.211. The molecule has 0 fully saturated rings. The van der Waals surface area contributed by atoms with E-state index in [2.05, 4.69) is 14.9 Å². The Balaban J connectivity index is 1.86. The Morgan fingerprint density at radius 3 is 2.58 bits per heavy atom. The highest BCUT2D eigenvalue weighted by molar-refractivity contribution is 6.42. The monoisotopic (exact) mass is 409 g/mol. The highest BCUT2D eigenvalue weighted by Crippen LogP contribution is 2.28. The first-order valence-electron chi connectivity index (χ1n) is 8.07. The molecule has 26 heavy (non-hydrogen) atoms. The van der Waals surface area contributed by atoms with E-state index < -0.39 is 0 Å². The molecule has 1 aromatic heterocycles. The van der Waals surface area contributed by atoms with Crippen LogP contribution in [-0.2, 0) is 17.8 Å². The summed E-state index contributed by atoms with van der Waals surface area (Å²) in [7, 11) is 1.68. The van der Waals surface area contributed by atoms with Crippen LogP contribution in [0, 0.1) is 0 Å². The molecule has 0 aliphatic heterocycles. The maximum atomic E-state index is 6.27. The minimum atomic E-state index is 0.517. The van der Waals surface area contributed by atoms with Gasteiger partial charge in [-0.3, -0.25) is 0 Å². The minimum absolute atomic E-state index is 0.517. The van der Waals surface area contributed by atoms with Crippen LogP contribution < -0.4 is 5.32 Å². The number of anilines is 1. The maximum Gasteiger partial charge on any atom is 0.203 e. The number of rotatable bonds is 7. The van der Waals surface area contributed by atoms with Crippen molar-refractivity contribution in [2.75, 3.05) is 19.0 Å². The summed E-state index contributed by atoms with van der Waals surface area (Å²) in [6.45, 7) is 1.76. The predicted octanol–water partition coefficient (Wildman–Crippen LogP) is 5.77. The highest BCUT2D eigenvalue weighted by Gasteiger charge is 2.12. The van der Waals surface area contributed by atoms with Crippen molar-refractivity contribution in [2.45, 2.75) is 13.1 Å². The van der Waals surface area contributed by atoms with Gasteiger partial charge in [0.15, 0.2) is 0 Å². The number of nitrogens with one attached hydrogen (secondary N) is 1. The van der Waals surface area contributed by atoms with Gasteiger partial charge in [0.2, 0.25) is 5.95 Å². The number of ether oxygens (including phenoxy) is 1. The van der Waals surface area contributed by atoms with Crippen molar-refractivity contribution in [3.05, 3.63) is 69.3 Å². The normalized spacial score (nSPS) is 10.9. The van der Waals surface area contributed by atoms with Crippen LogP contribution in [0.2, 0.25) is 15.1 Å². The minimum Gasteiger partial charge on any atom is -0.383 e. The van der Waals surface area contributed by atoms with Crippen LogP contribution in [0.25, 0.3) is 11.3 Å². The van der Waals surface area contributed by atoms with Gasteiger partial charge in [0.25, 0.3) is 0 Å². The molecule has 0 saturated carbocycles. The van der Waals surface area contributed by atoms with Gasteiger partial charge in [0, 0.05) is 25.2 Å². The smallest absolute Gasteiger partial charge is 0.203 e. The molecular formula is C19H18Cl3N3O. The molecule has 0 atom stereocenters. The molecule has 0 bridgehead atoms. The van der Waals surface area contributed by atoms with E-state index in [1.165, 1.54) is 0 Å². The molecule has 4 nitrogen and oxygen atoms in total. The van der Waals surface area contributed by atoms with Crippen LogP contribution in [0.1, 0.15) is 5.56 Å². The number of methoxy groups -OCH3 is 1. The zero-order chi connectivity index (χ0) is 18.5. The molecule has 0 radical (unpaired) electrons. The summed E-state index contributed by atoms with van der Waals surface area (Å²) in [6, 6.07) is 13.3. The molecule has 0 aliphatic carbocycles. The Morgan fingerprint density at radius 2 is 1.85 bits per heavy atom. The number of nitrogens with zero attached hydrogens (tertiary/aromatic N) is 2. The summed E-state index contributed by atoms with van der Waals surface area (Å²) in [5.41, 5.74) is 2.93. The molecule has 136 valence electrons. The lowest BCUT2D eigenvalue weighted by Crippen LogP contribution is -2.12. The summed E-state index contributed by atoms with van der Waals surface area (Å²) < 4.78 is 7.32. The fourth-order valence-corrected chi connectivity index (χ4v) is 3.15. The quantitative estimate of drug-likeness (QED) is 0.537. The van der Waals surface area contributed by atoms with Crippen molar-refractivity contribution < 1.29 is 4.74 Å². The van der Waals surface area contributed by atoms with Gasteiger partial charge in [0.05, 0.1) is 28.5 Å². The maximum absolute atomic E-state index is 6.27. The number of hydrogen-bond donors (Lipinski definition) is 1. The van der Waals surface area contributed by atoms with Gasteiger partial charge >= 0.3 is 0 Å². The standard InChI is InChI=1S/C19H18Cl3N3O/c1-26-10-9-25-17(13-5-7-15(20)8-6-13)12-24-19(25)23-11-14-3-2-4-16(21)18(14)22/h2-8,12H,9-11H2,1H3,(H,23,24). The average Bonchev–Trinajstić information content (AvgIpc) is 3.04. The lowest BCUT2D eigenvalue weighted by Gasteiger charge is -2.14. The highest BCUT2D eigenvalue weighted by atomic mass is 35.5. The Bertz CT molecular complexity index is 878. The van der Waals surface area contributed by atoms with Crippen LogP contribution >= 0.6 is 34.8 Å². The van der Waals surface area contributed by atoms with Gasteiger partial charge in [-0.25, -0.2) is 4.98 Å². The number of hydrogen-bond acceptors (Lipinski definition) is 3. The van der Waals surface area contributed by atoms with E-state index in [1.54, 1.807) is 13.2 Å². The van der Waals surface area contributed by atoms with Gasteiger partial charge in [-0.15, -0.1) is 0 Å². The van der Waals surface area contributed by atoms with Gasteiger partial charge in [-0.1, -0.05) is 59.1 Å². The van der Waals surface area contributed by atoms with Crippen molar-refractivity contribution >= 4 is 40.8 Å². The van der Waals surface area contributed by atoms with E-state index in [0.717, 1.165) is 22.8 Å². The van der Waals surface area contributed by atoms with E-state index in [-0.39, 0.29) is 0 Å². The molecule has 1 N–H and O–H groups in total. The molecule has 0 amide bonds. The molecule has 3 aromatic rings. The Hall–Kier alpha value is -1.72. The average molecular weight is 411 g/mol. The Labute approximate surface area is 167 Å². The topological polar surface area (TPSA) is 39.1 Å². The zero-order valence-electron chi connectivity index (χ0n) is 14.2. The summed E-state index contributed by atoms with van der Waals surface area (Å²) in [5.74, 6) is 0.739. The first-order valence-corrected chi connectivity index (χ1v) is 9.20. The molecule has 3 rings (SSSR count). The molecule has 0 aliphatic rings. The van der Waals surface area contributed by atoms with Crippen molar-refractivity contribution in [2.24, 2.45) is 0 Å². The summed E-state index contributed by atoms with van der Waals surface area (Å²) in [4.78, 5) is 4.52. The van der Waals surface area contributed by atoms with Gasteiger partial charge in [-0.2, -0.15) is 0 Å². The summed E-state index contributed by atoms with van der Waals surface area (Å²) in [5, 5.41) is 5.12. The first-order chi connectivity index (χ1) is 12.6. The van der Waals surface area contributed by atoms with Crippen LogP contribution in [0.3, 0.4) is 0 Å². The van der Waals surface area contributed by atoms with E-state index in [9.17, 15) is 0 Å². The van der Waals surface area contributed by atoms with Crippen molar-refractivity contribution in [1.82, 2.24) is 9.55 Å². The number of aromatic nitrogens is 2. The van der Waals surface area contributed by atoms with E-state index in [1.807, 2.05) is 42.6 Å². The van der Waals surface area contributed by atoms with Crippen molar-refractivity contribution in [3.8, 4) is 11.3 Å². The Morgan fingerprint density at radius 1 is 1.08 bits per heavy atom. The zero-order valence-corrected chi connectivity index (χ0v) is 16.4. The third-order valence-corrected chi connectivity index (χ3v) is 5.09. The van der Waals surface area contributed by atoms with Crippen LogP contribution in [-0.4, -0.2) is 23.3 Å². The third kappa shape index (κ3) is 4.33. The van der Waals surface area contributed by atoms with E-state index in [0.29, 0.717) is 34.8 Å². The summed E-state index contributed by atoms with van der Waals surface area (Å²) in [6.07, 6.45) is 1.83. The fourth-order valence-electron chi connectivity index (χ4n) is 2.64. The van der Waals surface area contributed by atoms with E-state index >= 15 is 0 Å². The van der Waals surface area contributed by atoms with Gasteiger partial charge in [0.1, 0.15) is 0 Å². The molecule has 1 heterocycles.